The van der Waals surface area contributed by atoms with E-state index in [0.29, 0.717) is 13.0 Å². The number of carbonyl (C=O) groups is 2. The van der Waals surface area contributed by atoms with Crippen LogP contribution >= 0.6 is 0 Å². The summed E-state index contributed by atoms with van der Waals surface area (Å²) in [6, 6.07) is 3.02. The lowest BCUT2D eigenvalue weighted by atomic mass is 10.2. The predicted molar refractivity (Wildman–Crippen MR) is 63.0 cm³/mol. The summed E-state index contributed by atoms with van der Waals surface area (Å²) in [5, 5.41) is 11.7. The first-order chi connectivity index (χ1) is 8.02. The number of carboxylic acids is 1. The van der Waals surface area contributed by atoms with Crippen LogP contribution in [0.4, 0.5) is 5.82 Å². The zero-order valence-electron chi connectivity index (χ0n) is 9.80. The number of hydrogen-bond donors (Lipinski definition) is 2. The fourth-order valence-electron chi connectivity index (χ4n) is 1.23. The Morgan fingerprint density at radius 2 is 2.18 bits per heavy atom. The van der Waals surface area contributed by atoms with Crippen molar-refractivity contribution in [2.75, 3.05) is 26.0 Å². The number of aromatic nitrogens is 1. The van der Waals surface area contributed by atoms with Gasteiger partial charge in [0.15, 0.2) is 0 Å². The van der Waals surface area contributed by atoms with Crippen molar-refractivity contribution in [2.24, 2.45) is 0 Å². The van der Waals surface area contributed by atoms with Gasteiger partial charge in [0.25, 0.3) is 0 Å². The van der Waals surface area contributed by atoms with Crippen molar-refractivity contribution in [3.63, 3.8) is 0 Å². The van der Waals surface area contributed by atoms with Gasteiger partial charge in [-0.3, -0.25) is 4.79 Å². The van der Waals surface area contributed by atoms with Crippen LogP contribution in [0.25, 0.3) is 0 Å². The Hall–Kier alpha value is -2.11. The average molecular weight is 237 g/mol. The highest BCUT2D eigenvalue weighted by Gasteiger charge is 2.10. The maximum Gasteiger partial charge on any atom is 0.339 e. The number of nitrogens with zero attached hydrogens (tertiary/aromatic N) is 2. The Balaban J connectivity index is 2.58. The minimum Gasteiger partial charge on any atom is -0.478 e. The number of amides is 1. The first-order valence-corrected chi connectivity index (χ1v) is 5.14. The van der Waals surface area contributed by atoms with E-state index in [1.807, 2.05) is 0 Å². The summed E-state index contributed by atoms with van der Waals surface area (Å²) in [5.41, 5.74) is 0.102. The second kappa shape index (κ2) is 5.83. The lowest BCUT2D eigenvalue weighted by molar-refractivity contribution is -0.128. The molecule has 6 nitrogen and oxygen atoms in total. The zero-order chi connectivity index (χ0) is 12.8. The van der Waals surface area contributed by atoms with E-state index >= 15 is 0 Å². The van der Waals surface area contributed by atoms with Gasteiger partial charge in [-0.05, 0) is 12.1 Å². The lowest BCUT2D eigenvalue weighted by Crippen LogP contribution is -2.24. The Morgan fingerprint density at radius 1 is 1.47 bits per heavy atom. The predicted octanol–water partition coefficient (Wildman–Crippen LogP) is 0.670. The van der Waals surface area contributed by atoms with Gasteiger partial charge < -0.3 is 15.3 Å². The van der Waals surface area contributed by atoms with Gasteiger partial charge in [-0.2, -0.15) is 0 Å². The number of pyridine rings is 1. The summed E-state index contributed by atoms with van der Waals surface area (Å²) in [4.78, 5) is 27.6. The van der Waals surface area contributed by atoms with Crippen molar-refractivity contribution in [3.8, 4) is 0 Å². The SMILES string of the molecule is CN(C)C(=O)CCNc1ncccc1C(=O)O. The number of rotatable bonds is 5. The molecule has 0 saturated carbocycles. The van der Waals surface area contributed by atoms with Crippen LogP contribution in [0.2, 0.25) is 0 Å². The normalized spacial score (nSPS) is 9.76. The number of carbonyl (C=O) groups excluding carboxylic acids is 1. The fraction of sp³-hybridized carbons (Fsp3) is 0.364. The largest absolute Gasteiger partial charge is 0.478 e. The second-order valence-electron chi connectivity index (χ2n) is 3.67. The molecule has 2 N–H and O–H groups in total. The highest BCUT2D eigenvalue weighted by atomic mass is 16.4. The summed E-state index contributed by atoms with van der Waals surface area (Å²) in [6.45, 7) is 0.355. The second-order valence-corrected chi connectivity index (χ2v) is 3.67. The maximum atomic E-state index is 11.3. The number of aromatic carboxylic acids is 1. The Morgan fingerprint density at radius 3 is 2.76 bits per heavy atom. The van der Waals surface area contributed by atoms with Crippen molar-refractivity contribution in [1.29, 1.82) is 0 Å². The van der Waals surface area contributed by atoms with E-state index in [2.05, 4.69) is 10.3 Å². The Labute approximate surface area is 99.3 Å². The van der Waals surface area contributed by atoms with E-state index in [4.69, 9.17) is 5.11 Å². The van der Waals surface area contributed by atoms with Gasteiger partial charge in [-0.25, -0.2) is 9.78 Å². The molecule has 17 heavy (non-hydrogen) atoms. The van der Waals surface area contributed by atoms with E-state index in [9.17, 15) is 9.59 Å². The molecular weight excluding hydrogens is 222 g/mol. The Kier molecular flexibility index (Phi) is 4.45. The van der Waals surface area contributed by atoms with Crippen molar-refractivity contribution < 1.29 is 14.7 Å². The van der Waals surface area contributed by atoms with Crippen LogP contribution in [0.1, 0.15) is 16.8 Å². The molecule has 0 aliphatic heterocycles. The quantitative estimate of drug-likeness (QED) is 0.786. The van der Waals surface area contributed by atoms with E-state index in [-0.39, 0.29) is 17.3 Å². The van der Waals surface area contributed by atoms with Gasteiger partial charge in [0.05, 0.1) is 0 Å². The highest BCUT2D eigenvalue weighted by Crippen LogP contribution is 2.10. The van der Waals surface area contributed by atoms with Crippen LogP contribution in [0.5, 0.6) is 0 Å². The fourth-order valence-corrected chi connectivity index (χ4v) is 1.23. The van der Waals surface area contributed by atoms with Crippen LogP contribution in [0.15, 0.2) is 18.3 Å². The maximum absolute atomic E-state index is 11.3. The van der Waals surface area contributed by atoms with E-state index < -0.39 is 5.97 Å². The molecular formula is C11H15N3O3. The summed E-state index contributed by atoms with van der Waals surface area (Å²) < 4.78 is 0. The highest BCUT2D eigenvalue weighted by molar-refractivity contribution is 5.93. The Bertz CT molecular complexity index is 418. The molecule has 0 unspecified atom stereocenters. The van der Waals surface area contributed by atoms with E-state index in [0.717, 1.165) is 0 Å². The molecule has 0 bridgehead atoms. The third-order valence-corrected chi connectivity index (χ3v) is 2.17. The van der Waals surface area contributed by atoms with E-state index in [1.165, 1.54) is 17.2 Å². The molecule has 6 heteroatoms. The van der Waals surface area contributed by atoms with Gasteiger partial charge in [0, 0.05) is 33.3 Å². The van der Waals surface area contributed by atoms with Crippen LogP contribution in [-0.2, 0) is 4.79 Å². The van der Waals surface area contributed by atoms with E-state index in [1.54, 1.807) is 20.2 Å². The topological polar surface area (TPSA) is 82.5 Å². The minimum absolute atomic E-state index is 0.0229. The van der Waals surface area contributed by atoms with Crippen molar-refractivity contribution in [2.45, 2.75) is 6.42 Å². The summed E-state index contributed by atoms with van der Waals surface area (Å²) in [6.07, 6.45) is 1.80. The molecule has 1 heterocycles. The van der Waals surface area contributed by atoms with Gasteiger partial charge in [0.1, 0.15) is 11.4 Å². The summed E-state index contributed by atoms with van der Waals surface area (Å²) in [5.74, 6) is -0.781. The molecule has 0 radical (unpaired) electrons. The summed E-state index contributed by atoms with van der Waals surface area (Å²) in [7, 11) is 3.34. The molecule has 0 aliphatic rings. The molecule has 0 spiro atoms. The molecule has 1 aromatic rings. The molecule has 0 fully saturated rings. The molecule has 1 rings (SSSR count). The van der Waals surface area contributed by atoms with Crippen LogP contribution in [-0.4, -0.2) is 47.5 Å². The van der Waals surface area contributed by atoms with Crippen molar-refractivity contribution in [1.82, 2.24) is 9.88 Å². The van der Waals surface area contributed by atoms with Gasteiger partial charge in [-0.1, -0.05) is 0 Å². The van der Waals surface area contributed by atoms with Gasteiger partial charge >= 0.3 is 5.97 Å². The zero-order valence-corrected chi connectivity index (χ0v) is 9.80. The first-order valence-electron chi connectivity index (χ1n) is 5.14. The molecule has 0 aromatic carbocycles. The molecule has 1 aromatic heterocycles. The molecule has 0 aliphatic carbocycles. The van der Waals surface area contributed by atoms with Crippen LogP contribution in [0.3, 0.4) is 0 Å². The summed E-state index contributed by atoms with van der Waals surface area (Å²) >= 11 is 0. The first kappa shape index (κ1) is 13.0. The lowest BCUT2D eigenvalue weighted by Gasteiger charge is -2.11. The smallest absolute Gasteiger partial charge is 0.339 e. The van der Waals surface area contributed by atoms with Crippen LogP contribution in [0, 0.1) is 0 Å². The van der Waals surface area contributed by atoms with Gasteiger partial charge in [-0.15, -0.1) is 0 Å². The third-order valence-electron chi connectivity index (χ3n) is 2.17. The molecule has 92 valence electrons. The number of nitrogens with one attached hydrogen (secondary N) is 1. The molecule has 0 saturated heterocycles. The minimum atomic E-state index is -1.04. The number of anilines is 1. The van der Waals surface area contributed by atoms with Crippen LogP contribution < -0.4 is 5.32 Å². The van der Waals surface area contributed by atoms with Crippen molar-refractivity contribution >= 4 is 17.7 Å². The number of carboxylic acid groups (broad SMARTS) is 1. The van der Waals surface area contributed by atoms with Gasteiger partial charge in [0.2, 0.25) is 5.91 Å². The monoisotopic (exact) mass is 237 g/mol. The standard InChI is InChI=1S/C11H15N3O3/c1-14(2)9(15)5-7-13-10-8(11(16)17)4-3-6-12-10/h3-4,6H,5,7H2,1-2H3,(H,12,13)(H,16,17). The molecule has 0 atom stereocenters. The average Bonchev–Trinajstić information content (AvgIpc) is 2.29. The van der Waals surface area contributed by atoms with Crippen molar-refractivity contribution in [3.05, 3.63) is 23.9 Å². The third kappa shape index (κ3) is 3.75. The molecule has 1 amide bonds. The number of hydrogen-bond acceptors (Lipinski definition) is 4.